The van der Waals surface area contributed by atoms with Crippen molar-refractivity contribution in [3.8, 4) is 0 Å². The van der Waals surface area contributed by atoms with Crippen LogP contribution in [0.2, 0.25) is 0 Å². The fraction of sp³-hybridized carbons (Fsp3) is 0.200. The topological polar surface area (TPSA) is 50.1 Å². The second-order valence-corrected chi connectivity index (χ2v) is 4.37. The number of aromatic nitrogens is 2. The molecule has 0 fully saturated rings. The zero-order valence-electron chi connectivity index (χ0n) is 7.93. The number of nitrogens with one attached hydrogen (secondary N) is 1. The lowest BCUT2D eigenvalue weighted by Crippen LogP contribution is -2.29. The average Bonchev–Trinajstić information content (AvgIpc) is 2.89. The number of hydrogen-bond acceptors (Lipinski definition) is 3. The SMILES string of the molecule is O=c1/c(=C\c2ccc[nH]2)sc2n1CCN=2. The van der Waals surface area contributed by atoms with Crippen LogP contribution in [0.5, 0.6) is 0 Å². The molecular formula is C10H9N3OS. The van der Waals surface area contributed by atoms with Crippen molar-refractivity contribution in [3.63, 3.8) is 0 Å². The van der Waals surface area contributed by atoms with Gasteiger partial charge in [-0.05, 0) is 18.2 Å². The molecule has 0 aromatic carbocycles. The molecule has 1 aliphatic heterocycles. The van der Waals surface area contributed by atoms with Gasteiger partial charge in [0.15, 0.2) is 4.80 Å². The molecule has 76 valence electrons. The van der Waals surface area contributed by atoms with Crippen LogP contribution in [0.1, 0.15) is 5.69 Å². The maximum absolute atomic E-state index is 11.9. The number of rotatable bonds is 1. The van der Waals surface area contributed by atoms with Crippen LogP contribution in [0.4, 0.5) is 0 Å². The highest BCUT2D eigenvalue weighted by atomic mass is 32.1. The molecule has 0 atom stereocenters. The molecule has 0 bridgehead atoms. The van der Waals surface area contributed by atoms with Gasteiger partial charge in [-0.15, -0.1) is 0 Å². The first-order chi connectivity index (χ1) is 7.34. The lowest BCUT2D eigenvalue weighted by molar-refractivity contribution is 0.740. The van der Waals surface area contributed by atoms with Crippen LogP contribution in [0.15, 0.2) is 28.1 Å². The Bertz CT molecular complexity index is 648. The van der Waals surface area contributed by atoms with Gasteiger partial charge < -0.3 is 4.98 Å². The summed E-state index contributed by atoms with van der Waals surface area (Å²) in [5.74, 6) is 0. The fourth-order valence-corrected chi connectivity index (χ4v) is 2.66. The first kappa shape index (κ1) is 8.67. The van der Waals surface area contributed by atoms with Gasteiger partial charge in [0.1, 0.15) is 0 Å². The van der Waals surface area contributed by atoms with E-state index in [-0.39, 0.29) is 5.56 Å². The van der Waals surface area contributed by atoms with Gasteiger partial charge >= 0.3 is 0 Å². The first-order valence-electron chi connectivity index (χ1n) is 4.74. The molecule has 5 heteroatoms. The van der Waals surface area contributed by atoms with Gasteiger partial charge in [-0.3, -0.25) is 14.4 Å². The van der Waals surface area contributed by atoms with Crippen molar-refractivity contribution in [3.05, 3.63) is 43.7 Å². The average molecular weight is 219 g/mol. The van der Waals surface area contributed by atoms with E-state index in [2.05, 4.69) is 9.98 Å². The summed E-state index contributed by atoms with van der Waals surface area (Å²) >= 11 is 1.46. The van der Waals surface area contributed by atoms with Crippen LogP contribution >= 0.6 is 11.3 Å². The highest BCUT2D eigenvalue weighted by Crippen LogP contribution is 1.94. The molecule has 0 spiro atoms. The number of fused-ring (bicyclic) bond motifs is 1. The second-order valence-electron chi connectivity index (χ2n) is 3.36. The molecule has 3 rings (SSSR count). The van der Waals surface area contributed by atoms with Crippen LogP contribution in [-0.4, -0.2) is 16.1 Å². The molecule has 15 heavy (non-hydrogen) atoms. The molecule has 0 saturated heterocycles. The molecule has 2 aromatic rings. The predicted molar refractivity (Wildman–Crippen MR) is 58.6 cm³/mol. The van der Waals surface area contributed by atoms with Gasteiger partial charge in [0, 0.05) is 18.4 Å². The third-order valence-electron chi connectivity index (χ3n) is 2.37. The van der Waals surface area contributed by atoms with Crippen LogP contribution in [0.25, 0.3) is 6.08 Å². The zero-order chi connectivity index (χ0) is 10.3. The summed E-state index contributed by atoms with van der Waals surface area (Å²) < 4.78 is 2.48. The largest absolute Gasteiger partial charge is 0.362 e. The van der Waals surface area contributed by atoms with Crippen LogP contribution in [-0.2, 0) is 6.54 Å². The van der Waals surface area contributed by atoms with Crippen molar-refractivity contribution < 1.29 is 0 Å². The molecule has 0 radical (unpaired) electrons. The van der Waals surface area contributed by atoms with Gasteiger partial charge in [-0.25, -0.2) is 0 Å². The van der Waals surface area contributed by atoms with Gasteiger partial charge in [0.05, 0.1) is 11.1 Å². The first-order valence-corrected chi connectivity index (χ1v) is 5.55. The number of aromatic amines is 1. The van der Waals surface area contributed by atoms with E-state index in [9.17, 15) is 4.79 Å². The van der Waals surface area contributed by atoms with Crippen molar-refractivity contribution in [2.24, 2.45) is 4.99 Å². The van der Waals surface area contributed by atoms with E-state index in [1.807, 2.05) is 24.4 Å². The predicted octanol–water partition coefficient (Wildman–Crippen LogP) is -0.300. The van der Waals surface area contributed by atoms with Crippen LogP contribution < -0.4 is 14.9 Å². The third kappa shape index (κ3) is 1.35. The second kappa shape index (κ2) is 3.20. The monoisotopic (exact) mass is 219 g/mol. The Kier molecular flexibility index (Phi) is 1.85. The van der Waals surface area contributed by atoms with E-state index in [0.717, 1.165) is 28.1 Å². The molecule has 0 amide bonds. The summed E-state index contributed by atoms with van der Waals surface area (Å²) in [6.07, 6.45) is 3.71. The Morgan fingerprint density at radius 2 is 2.53 bits per heavy atom. The Labute approximate surface area is 89.2 Å². The van der Waals surface area contributed by atoms with E-state index >= 15 is 0 Å². The third-order valence-corrected chi connectivity index (χ3v) is 3.41. The normalized spacial score (nSPS) is 15.3. The summed E-state index contributed by atoms with van der Waals surface area (Å²) in [5.41, 5.74) is 1.03. The van der Waals surface area contributed by atoms with Crippen LogP contribution in [0.3, 0.4) is 0 Å². The zero-order valence-corrected chi connectivity index (χ0v) is 8.75. The maximum atomic E-state index is 11.9. The van der Waals surface area contributed by atoms with Crippen LogP contribution in [0, 0.1) is 0 Å². The maximum Gasteiger partial charge on any atom is 0.270 e. The molecule has 0 aliphatic carbocycles. The van der Waals surface area contributed by atoms with E-state index in [0.29, 0.717) is 0 Å². The van der Waals surface area contributed by atoms with E-state index in [4.69, 9.17) is 0 Å². The van der Waals surface area contributed by atoms with Crippen molar-refractivity contribution in [2.75, 3.05) is 6.54 Å². The molecule has 1 N–H and O–H groups in total. The molecule has 1 aliphatic rings. The van der Waals surface area contributed by atoms with E-state index in [1.165, 1.54) is 11.3 Å². The van der Waals surface area contributed by atoms with Crippen molar-refractivity contribution in [1.29, 1.82) is 0 Å². The van der Waals surface area contributed by atoms with Crippen molar-refractivity contribution in [1.82, 2.24) is 9.55 Å². The number of H-pyrrole nitrogens is 1. The van der Waals surface area contributed by atoms with E-state index < -0.39 is 0 Å². The lowest BCUT2D eigenvalue weighted by atomic mass is 10.4. The minimum atomic E-state index is 0.0749. The Morgan fingerprint density at radius 3 is 3.27 bits per heavy atom. The number of nitrogens with zero attached hydrogens (tertiary/aromatic N) is 2. The number of thiazole rings is 1. The van der Waals surface area contributed by atoms with Crippen molar-refractivity contribution in [2.45, 2.75) is 6.54 Å². The summed E-state index contributed by atoms with van der Waals surface area (Å²) in [6, 6.07) is 3.85. The minimum absolute atomic E-state index is 0.0749. The van der Waals surface area contributed by atoms with Gasteiger partial charge in [0.25, 0.3) is 5.56 Å². The van der Waals surface area contributed by atoms with Gasteiger partial charge in [-0.2, -0.15) is 0 Å². The molecule has 4 nitrogen and oxygen atoms in total. The molecule has 0 unspecified atom stereocenters. The summed E-state index contributed by atoms with van der Waals surface area (Å²) in [7, 11) is 0. The van der Waals surface area contributed by atoms with Crippen molar-refractivity contribution >= 4 is 17.4 Å². The van der Waals surface area contributed by atoms with Gasteiger partial charge in [0.2, 0.25) is 0 Å². The van der Waals surface area contributed by atoms with E-state index in [1.54, 1.807) is 4.57 Å². The quantitative estimate of drug-likeness (QED) is 0.703. The van der Waals surface area contributed by atoms with Gasteiger partial charge in [-0.1, -0.05) is 11.3 Å². The molecule has 3 heterocycles. The minimum Gasteiger partial charge on any atom is -0.362 e. The fourth-order valence-electron chi connectivity index (χ4n) is 1.64. The summed E-state index contributed by atoms with van der Waals surface area (Å²) in [6.45, 7) is 1.47. The smallest absolute Gasteiger partial charge is 0.270 e. The number of hydrogen-bond donors (Lipinski definition) is 1. The Morgan fingerprint density at radius 1 is 1.60 bits per heavy atom. The Balaban J connectivity index is 2.26. The highest BCUT2D eigenvalue weighted by Gasteiger charge is 2.09. The molecule has 2 aromatic heterocycles. The molecule has 0 saturated carbocycles. The summed E-state index contributed by atoms with van der Waals surface area (Å²) in [4.78, 5) is 20.0. The standard InChI is InChI=1S/C10H9N3OS/c14-9-8(6-7-2-1-3-11-7)15-10-12-4-5-13(9)10/h1-3,6,11H,4-5H2/b8-6+. The highest BCUT2D eigenvalue weighted by molar-refractivity contribution is 7.07. The summed E-state index contributed by atoms with van der Waals surface area (Å²) in [5, 5.41) is 0. The molecular weight excluding hydrogens is 210 g/mol. The lowest BCUT2D eigenvalue weighted by Gasteiger charge is -1.86. The Hall–Kier alpha value is -1.62.